The van der Waals surface area contributed by atoms with Gasteiger partial charge < -0.3 is 13.7 Å². The van der Waals surface area contributed by atoms with Crippen LogP contribution in [0.5, 0.6) is 0 Å². The quantitative estimate of drug-likeness (QED) is 0.163. The molecule has 55 heavy (non-hydrogen) atoms. The Bertz CT molecular complexity index is 3400. The van der Waals surface area contributed by atoms with Gasteiger partial charge in [-0.3, -0.25) is 0 Å². The molecular formula is C50H29N5. The number of hydrogen-bond donors (Lipinski definition) is 0. The molecule has 3 aromatic heterocycles. The predicted molar refractivity (Wildman–Crippen MR) is 227 cm³/mol. The van der Waals surface area contributed by atoms with Crippen LogP contribution < -0.4 is 0 Å². The van der Waals surface area contributed by atoms with Gasteiger partial charge in [0.15, 0.2) is 11.4 Å². The minimum Gasteiger partial charge on any atom is -0.311 e. The Morgan fingerprint density at radius 1 is 0.327 bits per heavy atom. The first-order valence-electron chi connectivity index (χ1n) is 18.3. The lowest BCUT2D eigenvalue weighted by Crippen LogP contribution is -1.96. The van der Waals surface area contributed by atoms with Gasteiger partial charge in [0.05, 0.1) is 40.7 Å². The van der Waals surface area contributed by atoms with Crippen LogP contribution in [0.1, 0.15) is 0 Å². The second-order valence-electron chi connectivity index (χ2n) is 13.9. The van der Waals surface area contributed by atoms with Crippen LogP contribution in [0.15, 0.2) is 176 Å². The van der Waals surface area contributed by atoms with E-state index in [-0.39, 0.29) is 0 Å². The number of benzene rings is 8. The zero-order valence-electron chi connectivity index (χ0n) is 29.5. The number of para-hydroxylation sites is 4. The van der Waals surface area contributed by atoms with Crippen LogP contribution >= 0.6 is 0 Å². The van der Waals surface area contributed by atoms with Crippen LogP contribution in [0, 0.1) is 13.1 Å². The van der Waals surface area contributed by atoms with E-state index in [0.29, 0.717) is 11.4 Å². The van der Waals surface area contributed by atoms with Gasteiger partial charge in [0.1, 0.15) is 0 Å². The molecule has 11 aromatic rings. The average molecular weight is 700 g/mol. The fourth-order valence-corrected chi connectivity index (χ4v) is 8.67. The molecular weight excluding hydrogens is 671 g/mol. The SMILES string of the molecule is [C-]#[N+]c1ccc2c3ccccc3n(-c3ccc4c(c3)c3ccccc3n4-c3ccc(-c4ccc(-n5c6ccccc6c6ccccc65)cc4)c([N+]#[C-])c3)c2c1. The van der Waals surface area contributed by atoms with Crippen LogP contribution in [0.4, 0.5) is 11.4 Å². The van der Waals surface area contributed by atoms with E-state index in [1.165, 1.54) is 21.8 Å². The van der Waals surface area contributed by atoms with Gasteiger partial charge in [-0.2, -0.15) is 0 Å². The third kappa shape index (κ3) is 4.51. The minimum absolute atomic E-state index is 0.602. The van der Waals surface area contributed by atoms with Gasteiger partial charge in [-0.05, 0) is 83.9 Å². The van der Waals surface area contributed by atoms with Crippen molar-refractivity contribution in [3.63, 3.8) is 0 Å². The Morgan fingerprint density at radius 3 is 1.36 bits per heavy atom. The Kier molecular flexibility index (Phi) is 6.61. The molecule has 0 saturated carbocycles. The van der Waals surface area contributed by atoms with Crippen molar-refractivity contribution >= 4 is 76.8 Å². The molecule has 5 heteroatoms. The van der Waals surface area contributed by atoms with Crippen LogP contribution in [0.2, 0.25) is 0 Å². The van der Waals surface area contributed by atoms with Crippen molar-refractivity contribution < 1.29 is 0 Å². The molecule has 0 unspecified atom stereocenters. The normalized spacial score (nSPS) is 11.6. The van der Waals surface area contributed by atoms with Crippen molar-refractivity contribution in [1.29, 1.82) is 0 Å². The van der Waals surface area contributed by atoms with Crippen molar-refractivity contribution in [2.45, 2.75) is 0 Å². The number of rotatable bonds is 4. The molecule has 0 N–H and O–H groups in total. The lowest BCUT2D eigenvalue weighted by Gasteiger charge is -2.13. The van der Waals surface area contributed by atoms with Crippen molar-refractivity contribution in [3.05, 3.63) is 199 Å². The molecule has 0 fully saturated rings. The van der Waals surface area contributed by atoms with E-state index in [9.17, 15) is 0 Å². The summed E-state index contributed by atoms with van der Waals surface area (Å²) in [5.41, 5.74) is 12.8. The highest BCUT2D eigenvalue weighted by molar-refractivity contribution is 6.13. The molecule has 0 aliphatic rings. The van der Waals surface area contributed by atoms with Crippen molar-refractivity contribution in [1.82, 2.24) is 13.7 Å². The smallest absolute Gasteiger partial charge is 0.196 e. The third-order valence-electron chi connectivity index (χ3n) is 11.1. The van der Waals surface area contributed by atoms with Crippen LogP contribution in [0.25, 0.3) is 103 Å². The monoisotopic (exact) mass is 699 g/mol. The molecule has 3 heterocycles. The maximum absolute atomic E-state index is 8.28. The van der Waals surface area contributed by atoms with E-state index in [2.05, 4.69) is 181 Å². The predicted octanol–water partition coefficient (Wildman–Crippen LogP) is 13.7. The summed E-state index contributed by atoms with van der Waals surface area (Å²) in [6.45, 7) is 16.0. The Balaban J connectivity index is 1.03. The van der Waals surface area contributed by atoms with Gasteiger partial charge >= 0.3 is 0 Å². The first-order valence-corrected chi connectivity index (χ1v) is 18.3. The summed E-state index contributed by atoms with van der Waals surface area (Å²) >= 11 is 0. The summed E-state index contributed by atoms with van der Waals surface area (Å²) in [5, 5.41) is 7.00. The molecule has 0 amide bonds. The average Bonchev–Trinajstić information content (AvgIpc) is 3.88. The van der Waals surface area contributed by atoms with E-state index in [4.69, 9.17) is 13.1 Å². The zero-order chi connectivity index (χ0) is 36.6. The standard InChI is InChI=1S/C50H29N5/c1-51-33-21-26-42-40-13-5-9-17-47(40)55(50(42)29-33)35-25-28-49-43(30-35)41-14-6-10-18-48(41)54(49)36-24-27-37(44(31-36)52-2)32-19-22-34(23-20-32)53-45-15-7-3-11-38(45)39-12-4-8-16-46(39)53/h3-31H. The van der Waals surface area contributed by atoms with Gasteiger partial charge in [0, 0.05) is 54.9 Å². The van der Waals surface area contributed by atoms with E-state index in [1.54, 1.807) is 0 Å². The molecule has 8 aromatic carbocycles. The van der Waals surface area contributed by atoms with Crippen molar-refractivity contribution in [2.75, 3.05) is 0 Å². The second kappa shape index (κ2) is 11.8. The van der Waals surface area contributed by atoms with Crippen molar-refractivity contribution in [2.24, 2.45) is 0 Å². The molecule has 0 atom stereocenters. The van der Waals surface area contributed by atoms with Gasteiger partial charge in [-0.1, -0.05) is 103 Å². The highest BCUT2D eigenvalue weighted by atomic mass is 15.0. The molecule has 0 radical (unpaired) electrons. The third-order valence-corrected chi connectivity index (χ3v) is 11.1. The molecule has 0 bridgehead atoms. The highest BCUT2D eigenvalue weighted by Gasteiger charge is 2.18. The molecule has 0 saturated heterocycles. The molecule has 0 aliphatic heterocycles. The van der Waals surface area contributed by atoms with Crippen LogP contribution in [0.3, 0.4) is 0 Å². The van der Waals surface area contributed by atoms with Crippen molar-refractivity contribution in [3.8, 4) is 28.2 Å². The van der Waals surface area contributed by atoms with E-state index in [0.717, 1.165) is 71.8 Å². The van der Waals surface area contributed by atoms with Crippen LogP contribution in [-0.2, 0) is 0 Å². The first-order chi connectivity index (χ1) is 27.2. The summed E-state index contributed by atoms with van der Waals surface area (Å²) in [4.78, 5) is 7.80. The van der Waals surface area contributed by atoms with E-state index < -0.39 is 0 Å². The van der Waals surface area contributed by atoms with E-state index >= 15 is 0 Å². The maximum atomic E-state index is 8.28. The highest BCUT2D eigenvalue weighted by Crippen LogP contribution is 2.40. The van der Waals surface area contributed by atoms with Gasteiger partial charge in [-0.25, -0.2) is 9.69 Å². The maximum Gasteiger partial charge on any atom is 0.196 e. The molecule has 0 spiro atoms. The van der Waals surface area contributed by atoms with Gasteiger partial charge in [-0.15, -0.1) is 0 Å². The number of hydrogen-bond acceptors (Lipinski definition) is 0. The summed E-state index contributed by atoms with van der Waals surface area (Å²) in [7, 11) is 0. The lowest BCUT2D eigenvalue weighted by molar-refractivity contribution is 1.17. The topological polar surface area (TPSA) is 23.5 Å². The minimum atomic E-state index is 0.602. The summed E-state index contributed by atoms with van der Waals surface area (Å²) < 4.78 is 6.84. The molecule has 254 valence electrons. The fourth-order valence-electron chi connectivity index (χ4n) is 8.67. The summed E-state index contributed by atoms with van der Waals surface area (Å²) in [6.07, 6.45) is 0. The Labute approximate surface area is 316 Å². The molecule has 0 aliphatic carbocycles. The summed E-state index contributed by atoms with van der Waals surface area (Å²) in [6, 6.07) is 61.3. The Morgan fingerprint density at radius 2 is 0.782 bits per heavy atom. The lowest BCUT2D eigenvalue weighted by atomic mass is 10.0. The second-order valence-corrected chi connectivity index (χ2v) is 13.9. The Hall–Kier alpha value is -7.86. The van der Waals surface area contributed by atoms with Gasteiger partial charge in [0.25, 0.3) is 0 Å². The van der Waals surface area contributed by atoms with Crippen LogP contribution in [-0.4, -0.2) is 13.7 Å². The zero-order valence-corrected chi connectivity index (χ0v) is 29.5. The first kappa shape index (κ1) is 30.7. The molecule has 11 rings (SSSR count). The largest absolute Gasteiger partial charge is 0.311 e. The summed E-state index contributed by atoms with van der Waals surface area (Å²) in [5.74, 6) is 0. The molecule has 5 nitrogen and oxygen atoms in total. The number of fused-ring (bicyclic) bond motifs is 9. The van der Waals surface area contributed by atoms with E-state index in [1.807, 2.05) is 18.2 Å². The fraction of sp³-hybridized carbons (Fsp3) is 0. The number of aromatic nitrogens is 3. The number of nitrogens with zero attached hydrogens (tertiary/aromatic N) is 5. The van der Waals surface area contributed by atoms with Gasteiger partial charge in [0.2, 0.25) is 0 Å².